The lowest BCUT2D eigenvalue weighted by atomic mass is 9.85. The number of hydrogen-bond acceptors (Lipinski definition) is 6. The molecule has 9 nitrogen and oxygen atoms in total. The van der Waals surface area contributed by atoms with Gasteiger partial charge in [-0.1, -0.05) is 50.0 Å². The van der Waals surface area contributed by atoms with E-state index in [4.69, 9.17) is 23.2 Å². The molecule has 3 aromatic rings. The predicted octanol–water partition coefficient (Wildman–Crippen LogP) is 7.48. The highest BCUT2D eigenvalue weighted by Crippen LogP contribution is 2.39. The number of carbonyl (C=O) groups is 2. The molecule has 2 aromatic carbocycles. The molecule has 2 fully saturated rings. The first-order valence-electron chi connectivity index (χ1n) is 16.2. The van der Waals surface area contributed by atoms with E-state index < -0.39 is 48.2 Å². The number of nitrogens with zero attached hydrogens (tertiary/aromatic N) is 3. The largest absolute Gasteiger partial charge is 0.405 e. The van der Waals surface area contributed by atoms with Crippen molar-refractivity contribution >= 4 is 63.4 Å². The SMILES string of the molecule is Cn1c(Nc2c(Cl)ccc(CNC(=O)C(C)(C)C)c2Cl)nc2cc(C(=O)N[C@H]3CC[C@H](C(F)(F)F)CC3)c(N3CCNC(C(F)(F)F)C3)cc21. The van der Waals surface area contributed by atoms with E-state index in [9.17, 15) is 35.9 Å². The summed E-state index contributed by atoms with van der Waals surface area (Å²) in [4.78, 5) is 32.3. The normalized spacial score (nSPS) is 20.6. The van der Waals surface area contributed by atoms with E-state index in [1.165, 1.54) is 11.0 Å². The Hall–Kier alpha value is -3.43. The zero-order valence-corrected chi connectivity index (χ0v) is 29.4. The van der Waals surface area contributed by atoms with Gasteiger partial charge in [-0.05, 0) is 49.4 Å². The fourth-order valence-corrected chi connectivity index (χ4v) is 6.73. The molecule has 2 aliphatic rings. The zero-order valence-electron chi connectivity index (χ0n) is 27.9. The van der Waals surface area contributed by atoms with E-state index in [1.807, 2.05) is 0 Å². The molecule has 5 rings (SSSR count). The van der Waals surface area contributed by atoms with Crippen LogP contribution in [0.25, 0.3) is 11.0 Å². The van der Waals surface area contributed by atoms with Crippen LogP contribution in [0.5, 0.6) is 0 Å². The minimum absolute atomic E-state index is 0.00642. The molecule has 2 amide bonds. The molecular weight excluding hydrogens is 711 g/mol. The maximum absolute atomic E-state index is 13.8. The molecule has 1 unspecified atom stereocenters. The van der Waals surface area contributed by atoms with Crippen LogP contribution in [-0.4, -0.2) is 65.4 Å². The molecule has 1 aliphatic carbocycles. The Morgan fingerprint density at radius 3 is 2.30 bits per heavy atom. The van der Waals surface area contributed by atoms with Gasteiger partial charge in [0.15, 0.2) is 0 Å². The molecule has 1 aromatic heterocycles. The minimum atomic E-state index is -4.53. The third-order valence-electron chi connectivity index (χ3n) is 9.21. The van der Waals surface area contributed by atoms with E-state index in [2.05, 4.69) is 26.3 Å². The van der Waals surface area contributed by atoms with E-state index in [0.29, 0.717) is 22.3 Å². The standard InChI is InChI=1S/C33H39Cl2F6N7O2/c1-31(2,3)29(50)43-15-17-5-10-21(34)27(26(17)35)46-30-45-22-13-20(28(49)44-19-8-6-18(7-9-19)32(36,37)38)23(14-24(22)47(30)4)48-12-11-42-25(16-48)33(39,40)41/h5,10,13-14,18-19,25,42H,6-9,11-12,15-16H2,1-4H3,(H,43,50)(H,44,49)(H,45,46)/t18-,19-,25?. The van der Waals surface area contributed by atoms with E-state index in [-0.39, 0.29) is 78.5 Å². The number of rotatable bonds is 7. The molecule has 1 saturated carbocycles. The number of anilines is 3. The number of alkyl halides is 6. The number of nitrogens with one attached hydrogen (secondary N) is 4. The lowest BCUT2D eigenvalue weighted by Crippen LogP contribution is -2.57. The molecule has 274 valence electrons. The van der Waals surface area contributed by atoms with Gasteiger partial charge in [0.25, 0.3) is 5.91 Å². The molecule has 17 heteroatoms. The molecule has 1 saturated heterocycles. The maximum Gasteiger partial charge on any atom is 0.405 e. The smallest absolute Gasteiger partial charge is 0.368 e. The summed E-state index contributed by atoms with van der Waals surface area (Å²) < 4.78 is 82.6. The van der Waals surface area contributed by atoms with Gasteiger partial charge in [-0.3, -0.25) is 9.59 Å². The fraction of sp³-hybridized carbons (Fsp3) is 0.545. The van der Waals surface area contributed by atoms with Gasteiger partial charge in [0, 0.05) is 44.7 Å². The number of halogens is 8. The Kier molecular flexibility index (Phi) is 10.8. The second kappa shape index (κ2) is 14.3. The van der Waals surface area contributed by atoms with Crippen molar-refractivity contribution in [3.05, 3.63) is 45.4 Å². The van der Waals surface area contributed by atoms with Crippen LogP contribution < -0.4 is 26.2 Å². The monoisotopic (exact) mass is 749 g/mol. The van der Waals surface area contributed by atoms with Crippen molar-refractivity contribution in [1.82, 2.24) is 25.5 Å². The summed E-state index contributed by atoms with van der Waals surface area (Å²) >= 11 is 13.2. The number of hydrogen-bond donors (Lipinski definition) is 4. The first kappa shape index (κ1) is 37.8. The van der Waals surface area contributed by atoms with Gasteiger partial charge >= 0.3 is 12.4 Å². The zero-order chi connectivity index (χ0) is 36.8. The fourth-order valence-electron chi connectivity index (χ4n) is 6.20. The summed E-state index contributed by atoms with van der Waals surface area (Å²) in [5, 5.41) is 11.8. The number of fused-ring (bicyclic) bond motifs is 1. The minimum Gasteiger partial charge on any atom is -0.368 e. The molecule has 0 spiro atoms. The Bertz CT molecular complexity index is 1750. The molecule has 1 atom stereocenters. The van der Waals surface area contributed by atoms with Crippen LogP contribution in [0, 0.1) is 11.3 Å². The predicted molar refractivity (Wildman–Crippen MR) is 181 cm³/mol. The van der Waals surface area contributed by atoms with Crippen molar-refractivity contribution < 1.29 is 35.9 Å². The highest BCUT2D eigenvalue weighted by molar-refractivity contribution is 6.39. The average molecular weight is 751 g/mol. The first-order valence-corrected chi connectivity index (χ1v) is 16.9. The Morgan fingerprint density at radius 1 is 1.00 bits per heavy atom. The van der Waals surface area contributed by atoms with Crippen LogP contribution in [0.1, 0.15) is 62.4 Å². The van der Waals surface area contributed by atoms with Crippen molar-refractivity contribution in [1.29, 1.82) is 0 Å². The van der Waals surface area contributed by atoms with Gasteiger partial charge in [0.1, 0.15) is 6.04 Å². The molecular formula is C33H39Cl2F6N7O2. The van der Waals surface area contributed by atoms with Crippen molar-refractivity contribution in [3.63, 3.8) is 0 Å². The number of amides is 2. The van der Waals surface area contributed by atoms with Crippen LogP contribution in [-0.2, 0) is 18.4 Å². The average Bonchev–Trinajstić information content (AvgIpc) is 3.34. The first-order chi connectivity index (χ1) is 23.2. The summed E-state index contributed by atoms with van der Waals surface area (Å²) in [6, 6.07) is 3.99. The van der Waals surface area contributed by atoms with Crippen LogP contribution >= 0.6 is 23.2 Å². The number of aromatic nitrogens is 2. The summed E-state index contributed by atoms with van der Waals surface area (Å²) in [6.07, 6.45) is -8.86. The van der Waals surface area contributed by atoms with E-state index in [1.54, 1.807) is 50.6 Å². The van der Waals surface area contributed by atoms with Gasteiger partial charge in [0.2, 0.25) is 11.9 Å². The lowest BCUT2D eigenvalue weighted by molar-refractivity contribution is -0.182. The van der Waals surface area contributed by atoms with Gasteiger partial charge in [-0.25, -0.2) is 4.98 Å². The van der Waals surface area contributed by atoms with Crippen LogP contribution in [0.4, 0.5) is 43.7 Å². The molecule has 0 radical (unpaired) electrons. The van der Waals surface area contributed by atoms with Gasteiger partial charge < -0.3 is 30.7 Å². The molecule has 4 N–H and O–H groups in total. The summed E-state index contributed by atoms with van der Waals surface area (Å²) in [5.74, 6) is -1.98. The third-order valence-corrected chi connectivity index (χ3v) is 9.95. The van der Waals surface area contributed by atoms with Crippen molar-refractivity contribution in [2.75, 3.05) is 29.9 Å². The number of imidazole rings is 1. The summed E-state index contributed by atoms with van der Waals surface area (Å²) in [7, 11) is 1.67. The molecule has 50 heavy (non-hydrogen) atoms. The number of aryl methyl sites for hydroxylation is 1. The number of piperazine rings is 1. The van der Waals surface area contributed by atoms with Crippen molar-refractivity contribution in [3.8, 4) is 0 Å². The maximum atomic E-state index is 13.8. The molecule has 1 aliphatic heterocycles. The number of benzene rings is 2. The van der Waals surface area contributed by atoms with Crippen LogP contribution in [0.2, 0.25) is 10.0 Å². The summed E-state index contributed by atoms with van der Waals surface area (Å²) in [5.41, 5.74) is 1.36. The Labute approximate surface area is 295 Å². The second-order valence-corrected chi connectivity index (χ2v) is 14.6. The molecule has 0 bridgehead atoms. The Morgan fingerprint density at radius 2 is 1.68 bits per heavy atom. The van der Waals surface area contributed by atoms with E-state index in [0.717, 1.165) is 0 Å². The van der Waals surface area contributed by atoms with Gasteiger partial charge in [0.05, 0.1) is 43.9 Å². The van der Waals surface area contributed by atoms with Crippen LogP contribution in [0.3, 0.4) is 0 Å². The van der Waals surface area contributed by atoms with Gasteiger partial charge in [-0.2, -0.15) is 26.3 Å². The van der Waals surface area contributed by atoms with Crippen molar-refractivity contribution in [2.24, 2.45) is 18.4 Å². The summed E-state index contributed by atoms with van der Waals surface area (Å²) in [6.45, 7) is 5.19. The van der Waals surface area contributed by atoms with E-state index >= 15 is 0 Å². The van der Waals surface area contributed by atoms with Crippen LogP contribution in [0.15, 0.2) is 24.3 Å². The Balaban J connectivity index is 1.47. The second-order valence-electron chi connectivity index (χ2n) is 13.9. The lowest BCUT2D eigenvalue weighted by Gasteiger charge is -2.37. The highest BCUT2D eigenvalue weighted by Gasteiger charge is 2.43. The quantitative estimate of drug-likeness (QED) is 0.187. The highest BCUT2D eigenvalue weighted by atomic mass is 35.5. The van der Waals surface area contributed by atoms with Gasteiger partial charge in [-0.15, -0.1) is 0 Å². The van der Waals surface area contributed by atoms with Crippen molar-refractivity contribution in [2.45, 2.75) is 77.4 Å². The molecule has 2 heterocycles. The third kappa shape index (κ3) is 8.37. The number of carbonyl (C=O) groups excluding carboxylic acids is 2. The topological polar surface area (TPSA) is 103 Å².